The third-order valence-electron chi connectivity index (χ3n) is 3.19. The maximum atomic E-state index is 13.0. The van der Waals surface area contributed by atoms with Gasteiger partial charge in [-0.25, -0.2) is 4.39 Å². The minimum absolute atomic E-state index is 0.0340. The summed E-state index contributed by atoms with van der Waals surface area (Å²) in [7, 11) is 1.33. The Bertz CT molecular complexity index is 514. The average molecular weight is 268 g/mol. The molecule has 1 aliphatic rings. The fraction of sp³-hybridized carbons (Fsp3) is 0.417. The van der Waals surface area contributed by atoms with Crippen molar-refractivity contribution in [3.8, 4) is 0 Å². The Balaban J connectivity index is 2.02. The van der Waals surface area contributed by atoms with Crippen LogP contribution in [0.3, 0.4) is 0 Å². The molecule has 1 fully saturated rings. The van der Waals surface area contributed by atoms with Gasteiger partial charge in [0.15, 0.2) is 0 Å². The minimum atomic E-state index is -0.654. The zero-order valence-corrected chi connectivity index (χ0v) is 10.3. The number of carbonyl (C=O) groups is 1. The second-order valence-electron chi connectivity index (χ2n) is 4.45. The van der Waals surface area contributed by atoms with Gasteiger partial charge in [0.05, 0.1) is 24.0 Å². The van der Waals surface area contributed by atoms with Gasteiger partial charge in [0.1, 0.15) is 11.5 Å². The Hall–Kier alpha value is -2.18. The summed E-state index contributed by atoms with van der Waals surface area (Å²) in [6.07, 6.45) is 1.11. The number of methoxy groups -OCH3 is 1. The van der Waals surface area contributed by atoms with Crippen LogP contribution < -0.4 is 5.32 Å². The number of nitrogens with one attached hydrogen (secondary N) is 1. The first-order valence-corrected chi connectivity index (χ1v) is 5.79. The van der Waals surface area contributed by atoms with E-state index in [4.69, 9.17) is 0 Å². The molecule has 0 unspecified atom stereocenters. The van der Waals surface area contributed by atoms with Crippen LogP contribution in [0.25, 0.3) is 0 Å². The van der Waals surface area contributed by atoms with Crippen LogP contribution in [-0.2, 0) is 9.53 Å². The molecule has 0 spiro atoms. The molecule has 0 amide bonds. The second-order valence-corrected chi connectivity index (χ2v) is 4.45. The van der Waals surface area contributed by atoms with Crippen LogP contribution in [0.2, 0.25) is 0 Å². The third-order valence-corrected chi connectivity index (χ3v) is 3.19. The van der Waals surface area contributed by atoms with Crippen molar-refractivity contribution in [2.75, 3.05) is 12.4 Å². The van der Waals surface area contributed by atoms with E-state index in [1.54, 1.807) is 0 Å². The summed E-state index contributed by atoms with van der Waals surface area (Å²) in [5.74, 6) is -1.09. The van der Waals surface area contributed by atoms with Crippen LogP contribution in [0.5, 0.6) is 0 Å². The van der Waals surface area contributed by atoms with Crippen LogP contribution >= 0.6 is 0 Å². The molecule has 19 heavy (non-hydrogen) atoms. The number of anilines is 1. The molecule has 0 heterocycles. The van der Waals surface area contributed by atoms with Gasteiger partial charge in [-0.2, -0.15) is 0 Å². The van der Waals surface area contributed by atoms with Gasteiger partial charge >= 0.3 is 5.97 Å². The molecule has 1 aromatic carbocycles. The van der Waals surface area contributed by atoms with E-state index in [1.807, 2.05) is 0 Å². The van der Waals surface area contributed by atoms with E-state index in [-0.39, 0.29) is 29.3 Å². The SMILES string of the molecule is COC(=O)[C@H]1C[C@@H](Nc2ccc(F)cc2[N+](=O)[O-])C1. The van der Waals surface area contributed by atoms with Crippen LogP contribution in [0.1, 0.15) is 12.8 Å². The standard InChI is InChI=1S/C12H13FN2O4/c1-19-12(16)7-4-9(5-7)14-10-3-2-8(13)6-11(10)15(17)18/h2-3,6-7,9,14H,4-5H2,1H3/t7-,9+. The summed E-state index contributed by atoms with van der Waals surface area (Å²) in [4.78, 5) is 21.4. The molecule has 1 aromatic rings. The van der Waals surface area contributed by atoms with Crippen molar-refractivity contribution in [3.05, 3.63) is 34.1 Å². The average Bonchev–Trinajstić information content (AvgIpc) is 2.33. The molecule has 1 N–H and O–H groups in total. The van der Waals surface area contributed by atoms with E-state index < -0.39 is 10.7 Å². The van der Waals surface area contributed by atoms with Gasteiger partial charge in [0.2, 0.25) is 0 Å². The molecule has 0 aromatic heterocycles. The number of hydrogen-bond donors (Lipinski definition) is 1. The highest BCUT2D eigenvalue weighted by Gasteiger charge is 2.36. The van der Waals surface area contributed by atoms with Gasteiger partial charge in [0, 0.05) is 6.04 Å². The van der Waals surface area contributed by atoms with Gasteiger partial charge < -0.3 is 10.1 Å². The molecule has 7 heteroatoms. The van der Waals surface area contributed by atoms with Gasteiger partial charge in [0.25, 0.3) is 5.69 Å². The second kappa shape index (κ2) is 5.21. The van der Waals surface area contributed by atoms with Crippen molar-refractivity contribution < 1.29 is 18.8 Å². The van der Waals surface area contributed by atoms with E-state index in [0.717, 1.165) is 12.1 Å². The first-order chi connectivity index (χ1) is 9.01. The molecular formula is C12H13FN2O4. The maximum Gasteiger partial charge on any atom is 0.308 e. The molecule has 0 radical (unpaired) electrons. The van der Waals surface area contributed by atoms with Crippen molar-refractivity contribution in [1.82, 2.24) is 0 Å². The van der Waals surface area contributed by atoms with Gasteiger partial charge in [-0.1, -0.05) is 0 Å². The van der Waals surface area contributed by atoms with Crippen molar-refractivity contribution in [2.24, 2.45) is 5.92 Å². The number of nitro groups is 1. The summed E-state index contributed by atoms with van der Waals surface area (Å²) < 4.78 is 17.6. The first kappa shape index (κ1) is 13.3. The summed E-state index contributed by atoms with van der Waals surface area (Å²) >= 11 is 0. The van der Waals surface area contributed by atoms with Gasteiger partial charge in [-0.3, -0.25) is 14.9 Å². The van der Waals surface area contributed by atoms with Crippen LogP contribution in [0.4, 0.5) is 15.8 Å². The lowest BCUT2D eigenvalue weighted by Gasteiger charge is -2.34. The van der Waals surface area contributed by atoms with Gasteiger partial charge in [-0.15, -0.1) is 0 Å². The van der Waals surface area contributed by atoms with E-state index >= 15 is 0 Å². The number of hydrogen-bond acceptors (Lipinski definition) is 5. The number of nitro benzene ring substituents is 1. The molecule has 2 rings (SSSR count). The zero-order chi connectivity index (χ0) is 14.0. The lowest BCUT2D eigenvalue weighted by atomic mass is 9.80. The fourth-order valence-electron chi connectivity index (χ4n) is 2.09. The number of halogens is 1. The number of esters is 1. The number of carbonyl (C=O) groups excluding carboxylic acids is 1. The summed E-state index contributed by atoms with van der Waals surface area (Å²) in [6.45, 7) is 0. The summed E-state index contributed by atoms with van der Waals surface area (Å²) in [5.41, 5.74) is -0.0405. The van der Waals surface area contributed by atoms with Crippen LogP contribution in [-0.4, -0.2) is 24.0 Å². The Labute approximate surface area is 108 Å². The zero-order valence-electron chi connectivity index (χ0n) is 10.3. The highest BCUT2D eigenvalue weighted by Crippen LogP contribution is 2.34. The van der Waals surface area contributed by atoms with Crippen molar-refractivity contribution >= 4 is 17.3 Å². The largest absolute Gasteiger partial charge is 0.469 e. The number of ether oxygens (including phenoxy) is 1. The lowest BCUT2D eigenvalue weighted by molar-refractivity contribution is -0.384. The molecule has 0 saturated heterocycles. The molecule has 1 saturated carbocycles. The smallest absolute Gasteiger partial charge is 0.308 e. The fourth-order valence-corrected chi connectivity index (χ4v) is 2.09. The Morgan fingerprint density at radius 3 is 2.79 bits per heavy atom. The monoisotopic (exact) mass is 268 g/mol. The number of benzene rings is 1. The molecule has 6 nitrogen and oxygen atoms in total. The molecule has 0 atom stereocenters. The topological polar surface area (TPSA) is 81.5 Å². The predicted molar refractivity (Wildman–Crippen MR) is 65.2 cm³/mol. The van der Waals surface area contributed by atoms with Crippen molar-refractivity contribution in [2.45, 2.75) is 18.9 Å². The van der Waals surface area contributed by atoms with Crippen molar-refractivity contribution in [3.63, 3.8) is 0 Å². The van der Waals surface area contributed by atoms with Crippen molar-refractivity contribution in [1.29, 1.82) is 0 Å². The highest BCUT2D eigenvalue weighted by molar-refractivity contribution is 5.74. The molecule has 102 valence electrons. The molecular weight excluding hydrogens is 255 g/mol. The van der Waals surface area contributed by atoms with E-state index in [2.05, 4.69) is 10.1 Å². The van der Waals surface area contributed by atoms with E-state index in [1.165, 1.54) is 13.2 Å². The minimum Gasteiger partial charge on any atom is -0.469 e. The normalized spacial score (nSPS) is 21.4. The maximum absolute atomic E-state index is 13.0. The quantitative estimate of drug-likeness (QED) is 0.513. The third kappa shape index (κ3) is 2.81. The van der Waals surface area contributed by atoms with Crippen LogP contribution in [0, 0.1) is 21.8 Å². The highest BCUT2D eigenvalue weighted by atomic mass is 19.1. The molecule has 0 aliphatic heterocycles. The summed E-state index contributed by atoms with van der Waals surface area (Å²) in [6, 6.07) is 3.33. The Morgan fingerprint density at radius 1 is 1.53 bits per heavy atom. The Morgan fingerprint density at radius 2 is 2.21 bits per heavy atom. The number of nitrogens with zero attached hydrogens (tertiary/aromatic N) is 1. The van der Waals surface area contributed by atoms with E-state index in [0.29, 0.717) is 12.8 Å². The lowest BCUT2D eigenvalue weighted by Crippen LogP contribution is -2.40. The number of rotatable bonds is 4. The summed E-state index contributed by atoms with van der Waals surface area (Å²) in [5, 5.41) is 13.8. The molecule has 1 aliphatic carbocycles. The Kier molecular flexibility index (Phi) is 3.64. The first-order valence-electron chi connectivity index (χ1n) is 5.79. The molecule has 0 bridgehead atoms. The predicted octanol–water partition coefficient (Wildman–Crippen LogP) is 2.10. The van der Waals surface area contributed by atoms with Gasteiger partial charge in [-0.05, 0) is 25.0 Å². The van der Waals surface area contributed by atoms with E-state index in [9.17, 15) is 19.3 Å². The van der Waals surface area contributed by atoms with Crippen LogP contribution in [0.15, 0.2) is 18.2 Å².